The molecule has 0 aliphatic carbocycles. The largest absolute Gasteiger partial charge is 0.489 e. The molecule has 0 unspecified atom stereocenters. The first-order valence-corrected chi connectivity index (χ1v) is 9.25. The van der Waals surface area contributed by atoms with Crippen LogP contribution in [-0.2, 0) is 13.2 Å². The Labute approximate surface area is 170 Å². The van der Waals surface area contributed by atoms with Gasteiger partial charge in [0.15, 0.2) is 0 Å². The van der Waals surface area contributed by atoms with Gasteiger partial charge in [0.05, 0.1) is 12.3 Å². The Balaban J connectivity index is 0.000000343. The van der Waals surface area contributed by atoms with Crippen LogP contribution in [0.15, 0.2) is 97.5 Å². The zero-order valence-electron chi connectivity index (χ0n) is 16.0. The molecule has 2 N–H and O–H groups in total. The number of benzene rings is 2. The molecule has 144 valence electrons. The van der Waals surface area contributed by atoms with E-state index < -0.39 is 0 Å². The van der Waals surface area contributed by atoms with Crippen LogP contribution < -0.4 is 4.74 Å². The van der Waals surface area contributed by atoms with E-state index in [9.17, 15) is 0 Å². The number of nitrogens with one attached hydrogen (secondary N) is 1. The van der Waals surface area contributed by atoms with Crippen LogP contribution in [0, 0.1) is 11.8 Å². The molecule has 0 bridgehead atoms. The van der Waals surface area contributed by atoms with Gasteiger partial charge in [0, 0.05) is 24.2 Å². The SMILES string of the molecule is OCc1ccc(COc2ccc(C#Cc3ccc[nH]3)cc2)cc1.c1ccncc1. The lowest BCUT2D eigenvalue weighted by Gasteiger charge is -2.07. The number of H-pyrrole nitrogens is 1. The molecule has 2 heterocycles. The van der Waals surface area contributed by atoms with Gasteiger partial charge >= 0.3 is 0 Å². The van der Waals surface area contributed by atoms with Gasteiger partial charge in [-0.25, -0.2) is 0 Å². The zero-order valence-corrected chi connectivity index (χ0v) is 16.0. The highest BCUT2D eigenvalue weighted by atomic mass is 16.5. The van der Waals surface area contributed by atoms with Crippen LogP contribution in [0.2, 0.25) is 0 Å². The Kier molecular flexibility index (Phi) is 7.65. The predicted octanol–water partition coefficient (Wildman–Crippen LogP) is 4.57. The zero-order chi connectivity index (χ0) is 20.2. The third-order valence-corrected chi connectivity index (χ3v) is 3.97. The molecule has 29 heavy (non-hydrogen) atoms. The summed E-state index contributed by atoms with van der Waals surface area (Å²) in [7, 11) is 0. The van der Waals surface area contributed by atoms with Gasteiger partial charge < -0.3 is 14.8 Å². The molecule has 4 heteroatoms. The van der Waals surface area contributed by atoms with Crippen LogP contribution in [0.4, 0.5) is 0 Å². The minimum absolute atomic E-state index is 0.0616. The number of hydrogen-bond acceptors (Lipinski definition) is 3. The van der Waals surface area contributed by atoms with Crippen molar-refractivity contribution in [1.82, 2.24) is 9.97 Å². The number of aromatic nitrogens is 2. The maximum absolute atomic E-state index is 9.02. The van der Waals surface area contributed by atoms with Gasteiger partial charge in [-0.15, -0.1) is 0 Å². The van der Waals surface area contributed by atoms with Crippen molar-refractivity contribution in [3.8, 4) is 17.6 Å². The van der Waals surface area contributed by atoms with Crippen molar-refractivity contribution in [2.24, 2.45) is 0 Å². The van der Waals surface area contributed by atoms with Crippen LogP contribution >= 0.6 is 0 Å². The molecule has 0 saturated heterocycles. The summed E-state index contributed by atoms with van der Waals surface area (Å²) in [4.78, 5) is 6.84. The van der Waals surface area contributed by atoms with Gasteiger partial charge in [-0.2, -0.15) is 0 Å². The van der Waals surface area contributed by atoms with Crippen LogP contribution in [0.25, 0.3) is 0 Å². The molecule has 0 fully saturated rings. The fourth-order valence-electron chi connectivity index (χ4n) is 2.40. The van der Waals surface area contributed by atoms with Crippen molar-refractivity contribution in [3.05, 3.63) is 120 Å². The standard InChI is InChI=1S/C20H17NO2.C5H5N/c22-14-17-3-5-18(6-4-17)15-23-20-11-8-16(9-12-20)7-10-19-2-1-13-21-19;1-2-4-6-5-3-1/h1-6,8-9,11-13,21-22H,14-15H2;1-5H. The lowest BCUT2D eigenvalue weighted by molar-refractivity contribution is 0.281. The highest BCUT2D eigenvalue weighted by molar-refractivity contribution is 5.42. The van der Waals surface area contributed by atoms with Gasteiger partial charge in [0.2, 0.25) is 0 Å². The van der Waals surface area contributed by atoms with Crippen LogP contribution in [-0.4, -0.2) is 15.1 Å². The fourth-order valence-corrected chi connectivity index (χ4v) is 2.40. The van der Waals surface area contributed by atoms with E-state index in [0.717, 1.165) is 28.1 Å². The first-order chi connectivity index (χ1) is 14.3. The molecule has 0 aliphatic heterocycles. The number of ether oxygens (including phenoxy) is 1. The number of aliphatic hydroxyl groups is 1. The van der Waals surface area contributed by atoms with Crippen molar-refractivity contribution >= 4 is 0 Å². The van der Waals surface area contributed by atoms with Crippen molar-refractivity contribution in [2.45, 2.75) is 13.2 Å². The number of nitrogens with zero attached hydrogens (tertiary/aromatic N) is 1. The van der Waals surface area contributed by atoms with Gasteiger partial charge in [0.25, 0.3) is 0 Å². The molecule has 2 aromatic carbocycles. The predicted molar refractivity (Wildman–Crippen MR) is 114 cm³/mol. The van der Waals surface area contributed by atoms with Crippen molar-refractivity contribution in [1.29, 1.82) is 0 Å². The molecule has 0 spiro atoms. The summed E-state index contributed by atoms with van der Waals surface area (Å²) in [5.41, 5.74) is 3.81. The summed E-state index contributed by atoms with van der Waals surface area (Å²) in [5, 5.41) is 9.02. The van der Waals surface area contributed by atoms with Crippen molar-refractivity contribution in [3.63, 3.8) is 0 Å². The summed E-state index contributed by atoms with van der Waals surface area (Å²) in [6, 6.07) is 25.0. The third-order valence-electron chi connectivity index (χ3n) is 3.97. The number of hydrogen-bond donors (Lipinski definition) is 2. The fraction of sp³-hybridized carbons (Fsp3) is 0.0800. The van der Waals surface area contributed by atoms with Crippen molar-refractivity contribution < 1.29 is 9.84 Å². The molecule has 0 atom stereocenters. The number of aromatic amines is 1. The quantitative estimate of drug-likeness (QED) is 0.509. The Bertz CT molecular complexity index is 988. The van der Waals surface area contributed by atoms with Crippen LogP contribution in [0.5, 0.6) is 5.75 Å². The Morgan fingerprint density at radius 3 is 2.07 bits per heavy atom. The van der Waals surface area contributed by atoms with Gasteiger partial charge in [-0.1, -0.05) is 36.3 Å². The van der Waals surface area contributed by atoms with E-state index in [-0.39, 0.29) is 6.61 Å². The topological polar surface area (TPSA) is 58.1 Å². The van der Waals surface area contributed by atoms with Gasteiger partial charge in [-0.05, 0) is 65.6 Å². The smallest absolute Gasteiger partial charge is 0.119 e. The Hall–Kier alpha value is -3.81. The molecule has 4 aromatic rings. The van der Waals surface area contributed by atoms with Crippen molar-refractivity contribution in [2.75, 3.05) is 0 Å². The van der Waals surface area contributed by atoms with E-state index in [4.69, 9.17) is 9.84 Å². The molecule has 0 radical (unpaired) electrons. The van der Waals surface area contributed by atoms with Crippen LogP contribution in [0.1, 0.15) is 22.4 Å². The third kappa shape index (κ3) is 7.02. The van der Waals surface area contributed by atoms with E-state index in [0.29, 0.717) is 6.61 Å². The highest BCUT2D eigenvalue weighted by Gasteiger charge is 1.97. The first-order valence-electron chi connectivity index (χ1n) is 9.25. The summed E-state index contributed by atoms with van der Waals surface area (Å²) in [6.45, 7) is 0.561. The second-order valence-electron chi connectivity index (χ2n) is 6.15. The molecular formula is C25H22N2O2. The average molecular weight is 382 g/mol. The van der Waals surface area contributed by atoms with Gasteiger partial charge in [0.1, 0.15) is 12.4 Å². The van der Waals surface area contributed by atoms with Crippen LogP contribution in [0.3, 0.4) is 0 Å². The number of rotatable bonds is 4. The number of pyridine rings is 1. The Morgan fingerprint density at radius 2 is 1.52 bits per heavy atom. The average Bonchev–Trinajstić information content (AvgIpc) is 3.33. The minimum Gasteiger partial charge on any atom is -0.489 e. The second kappa shape index (κ2) is 11.1. The molecule has 2 aromatic heterocycles. The monoisotopic (exact) mass is 382 g/mol. The lowest BCUT2D eigenvalue weighted by atomic mass is 10.1. The normalized spacial score (nSPS) is 9.55. The minimum atomic E-state index is 0.0616. The molecule has 4 rings (SSSR count). The molecule has 4 nitrogen and oxygen atoms in total. The van der Waals surface area contributed by atoms with E-state index >= 15 is 0 Å². The van der Waals surface area contributed by atoms with E-state index in [1.165, 1.54) is 0 Å². The molecular weight excluding hydrogens is 360 g/mol. The highest BCUT2D eigenvalue weighted by Crippen LogP contribution is 2.14. The Morgan fingerprint density at radius 1 is 0.793 bits per heavy atom. The molecule has 0 aliphatic rings. The summed E-state index contributed by atoms with van der Waals surface area (Å²) < 4.78 is 5.75. The maximum atomic E-state index is 9.02. The van der Waals surface area contributed by atoms with E-state index in [2.05, 4.69) is 21.8 Å². The number of aliphatic hydroxyl groups excluding tert-OH is 1. The van der Waals surface area contributed by atoms with E-state index in [1.807, 2.05) is 85.1 Å². The maximum Gasteiger partial charge on any atom is 0.119 e. The van der Waals surface area contributed by atoms with Gasteiger partial charge in [-0.3, -0.25) is 4.98 Å². The summed E-state index contributed by atoms with van der Waals surface area (Å²) in [6.07, 6.45) is 5.36. The molecule has 0 amide bonds. The van der Waals surface area contributed by atoms with E-state index in [1.54, 1.807) is 12.4 Å². The lowest BCUT2D eigenvalue weighted by Crippen LogP contribution is -1.95. The molecule has 0 saturated carbocycles. The summed E-state index contributed by atoms with van der Waals surface area (Å²) in [5.74, 6) is 6.97. The first kappa shape index (κ1) is 19.9. The summed E-state index contributed by atoms with van der Waals surface area (Å²) >= 11 is 0. The second-order valence-corrected chi connectivity index (χ2v) is 6.15.